The van der Waals surface area contributed by atoms with Crippen LogP contribution in [0.3, 0.4) is 0 Å². The van der Waals surface area contributed by atoms with Crippen LogP contribution in [-0.4, -0.2) is 9.97 Å². The highest BCUT2D eigenvalue weighted by Gasteiger charge is 2.04. The number of hydrogen-bond acceptors (Lipinski definition) is 4. The first-order valence-corrected chi connectivity index (χ1v) is 5.21. The molecule has 4 nitrogen and oxygen atoms in total. The van der Waals surface area contributed by atoms with E-state index in [9.17, 15) is 0 Å². The number of nitrogens with one attached hydrogen (secondary N) is 1. The minimum atomic E-state index is 0.161. The van der Waals surface area contributed by atoms with Crippen LogP contribution in [0, 0.1) is 0 Å². The second kappa shape index (κ2) is 4.55. The highest BCUT2D eigenvalue weighted by atomic mass is 35.5. The minimum Gasteiger partial charge on any atom is -0.368 e. The fourth-order valence-corrected chi connectivity index (χ4v) is 1.50. The zero-order valence-electron chi connectivity index (χ0n) is 8.11. The fourth-order valence-electron chi connectivity index (χ4n) is 1.17. The second-order valence-electron chi connectivity index (χ2n) is 3.06. The van der Waals surface area contributed by atoms with Crippen LogP contribution in [0.2, 0.25) is 10.0 Å². The fraction of sp³-hybridized carbons (Fsp3) is 0. The van der Waals surface area contributed by atoms with Crippen LogP contribution in [0.25, 0.3) is 0 Å². The van der Waals surface area contributed by atoms with Gasteiger partial charge in [0.15, 0.2) is 5.82 Å². The number of nitrogens with two attached hydrogens (primary N) is 1. The molecule has 0 spiro atoms. The lowest BCUT2D eigenvalue weighted by Gasteiger charge is -2.07. The van der Waals surface area contributed by atoms with Crippen molar-refractivity contribution in [1.82, 2.24) is 9.97 Å². The molecule has 1 aromatic carbocycles. The Balaban J connectivity index is 2.30. The SMILES string of the molecule is Nc1ncc(Cl)c(Nc2cccc(Cl)c2)n1. The number of halogens is 2. The molecule has 82 valence electrons. The van der Waals surface area contributed by atoms with Gasteiger partial charge in [-0.25, -0.2) is 4.98 Å². The molecule has 0 amide bonds. The lowest BCUT2D eigenvalue weighted by Crippen LogP contribution is -2.00. The number of nitrogen functional groups attached to an aromatic ring is 1. The van der Waals surface area contributed by atoms with Crippen LogP contribution < -0.4 is 11.1 Å². The summed E-state index contributed by atoms with van der Waals surface area (Å²) in [6.07, 6.45) is 1.44. The number of rotatable bonds is 2. The number of aromatic nitrogens is 2. The van der Waals surface area contributed by atoms with Crippen LogP contribution in [-0.2, 0) is 0 Å². The van der Waals surface area contributed by atoms with Gasteiger partial charge in [-0.05, 0) is 18.2 Å². The molecule has 2 aromatic rings. The van der Waals surface area contributed by atoms with Gasteiger partial charge in [0.2, 0.25) is 5.95 Å². The van der Waals surface area contributed by atoms with Crippen molar-refractivity contribution in [3.8, 4) is 0 Å². The molecule has 0 saturated carbocycles. The lowest BCUT2D eigenvalue weighted by molar-refractivity contribution is 1.18. The molecular weight excluding hydrogens is 247 g/mol. The summed E-state index contributed by atoms with van der Waals surface area (Å²) < 4.78 is 0. The third-order valence-electron chi connectivity index (χ3n) is 1.85. The Hall–Kier alpha value is -1.52. The summed E-state index contributed by atoms with van der Waals surface area (Å²) in [5.74, 6) is 0.616. The number of anilines is 3. The van der Waals surface area contributed by atoms with Crippen molar-refractivity contribution in [2.45, 2.75) is 0 Å². The maximum Gasteiger partial charge on any atom is 0.222 e. The van der Waals surface area contributed by atoms with Crippen molar-refractivity contribution < 1.29 is 0 Å². The van der Waals surface area contributed by atoms with Gasteiger partial charge in [-0.2, -0.15) is 4.98 Å². The Morgan fingerprint density at radius 3 is 2.81 bits per heavy atom. The maximum absolute atomic E-state index is 5.91. The summed E-state index contributed by atoms with van der Waals surface area (Å²) in [6, 6.07) is 7.21. The quantitative estimate of drug-likeness (QED) is 0.865. The minimum absolute atomic E-state index is 0.161. The van der Waals surface area contributed by atoms with Crippen molar-refractivity contribution >= 4 is 40.7 Å². The van der Waals surface area contributed by atoms with E-state index in [1.54, 1.807) is 12.1 Å². The van der Waals surface area contributed by atoms with Gasteiger partial charge in [-0.15, -0.1) is 0 Å². The Bertz CT molecular complexity index is 516. The van der Waals surface area contributed by atoms with Crippen molar-refractivity contribution in [3.05, 3.63) is 40.5 Å². The molecule has 0 saturated heterocycles. The highest BCUT2D eigenvalue weighted by molar-refractivity contribution is 6.33. The topological polar surface area (TPSA) is 63.8 Å². The molecule has 0 unspecified atom stereocenters. The van der Waals surface area contributed by atoms with E-state index in [1.165, 1.54) is 6.20 Å². The van der Waals surface area contributed by atoms with E-state index in [1.807, 2.05) is 12.1 Å². The summed E-state index contributed by atoms with van der Waals surface area (Å²) in [5.41, 5.74) is 6.25. The van der Waals surface area contributed by atoms with Gasteiger partial charge >= 0.3 is 0 Å². The normalized spacial score (nSPS) is 10.1. The molecule has 3 N–H and O–H groups in total. The standard InChI is InChI=1S/C10H8Cl2N4/c11-6-2-1-3-7(4-6)15-9-8(12)5-14-10(13)16-9/h1-5H,(H3,13,14,15,16). The van der Waals surface area contributed by atoms with Crippen LogP contribution in [0.5, 0.6) is 0 Å². The van der Waals surface area contributed by atoms with Gasteiger partial charge in [0.1, 0.15) is 5.02 Å². The van der Waals surface area contributed by atoms with Crippen LogP contribution >= 0.6 is 23.2 Å². The van der Waals surface area contributed by atoms with Crippen LogP contribution in [0.1, 0.15) is 0 Å². The Labute approximate surface area is 102 Å². The maximum atomic E-state index is 5.91. The molecule has 0 radical (unpaired) electrons. The summed E-state index contributed by atoms with van der Waals surface area (Å²) in [6.45, 7) is 0. The van der Waals surface area contributed by atoms with E-state index in [0.717, 1.165) is 5.69 Å². The van der Waals surface area contributed by atoms with Crippen molar-refractivity contribution in [1.29, 1.82) is 0 Å². The first kappa shape index (κ1) is 11.0. The number of benzene rings is 1. The van der Waals surface area contributed by atoms with E-state index in [2.05, 4.69) is 15.3 Å². The van der Waals surface area contributed by atoms with Crippen LogP contribution in [0.4, 0.5) is 17.5 Å². The number of hydrogen-bond donors (Lipinski definition) is 2. The molecule has 1 aromatic heterocycles. The molecule has 2 rings (SSSR count). The van der Waals surface area contributed by atoms with Crippen molar-refractivity contribution in [2.24, 2.45) is 0 Å². The Morgan fingerprint density at radius 1 is 1.25 bits per heavy atom. The Kier molecular flexibility index (Phi) is 3.12. The molecule has 0 atom stereocenters. The molecule has 0 aliphatic carbocycles. The molecule has 6 heteroatoms. The summed E-state index contributed by atoms with van der Waals surface area (Å²) >= 11 is 11.8. The van der Waals surface area contributed by atoms with E-state index >= 15 is 0 Å². The average Bonchev–Trinajstić information content (AvgIpc) is 2.24. The van der Waals surface area contributed by atoms with Gasteiger partial charge in [-0.1, -0.05) is 29.3 Å². The van der Waals surface area contributed by atoms with E-state index in [-0.39, 0.29) is 5.95 Å². The summed E-state index contributed by atoms with van der Waals surface area (Å²) in [4.78, 5) is 7.75. The van der Waals surface area contributed by atoms with E-state index in [4.69, 9.17) is 28.9 Å². The van der Waals surface area contributed by atoms with Gasteiger partial charge in [0, 0.05) is 10.7 Å². The van der Waals surface area contributed by atoms with E-state index in [0.29, 0.717) is 15.9 Å². The largest absolute Gasteiger partial charge is 0.368 e. The molecule has 0 bridgehead atoms. The molecular formula is C10H8Cl2N4. The van der Waals surface area contributed by atoms with Crippen LogP contribution in [0.15, 0.2) is 30.5 Å². The molecule has 1 heterocycles. The van der Waals surface area contributed by atoms with Gasteiger partial charge < -0.3 is 11.1 Å². The smallest absolute Gasteiger partial charge is 0.222 e. The van der Waals surface area contributed by atoms with Gasteiger partial charge in [0.25, 0.3) is 0 Å². The average molecular weight is 255 g/mol. The third-order valence-corrected chi connectivity index (χ3v) is 2.36. The number of nitrogens with zero attached hydrogens (tertiary/aromatic N) is 2. The molecule has 16 heavy (non-hydrogen) atoms. The Morgan fingerprint density at radius 2 is 2.06 bits per heavy atom. The predicted molar refractivity (Wildman–Crippen MR) is 66.2 cm³/mol. The molecule has 0 aliphatic heterocycles. The van der Waals surface area contributed by atoms with Crippen molar-refractivity contribution in [2.75, 3.05) is 11.1 Å². The lowest BCUT2D eigenvalue weighted by atomic mass is 10.3. The highest BCUT2D eigenvalue weighted by Crippen LogP contribution is 2.24. The van der Waals surface area contributed by atoms with Gasteiger partial charge in [-0.3, -0.25) is 0 Å². The predicted octanol–water partition coefficient (Wildman–Crippen LogP) is 3.11. The second-order valence-corrected chi connectivity index (χ2v) is 3.90. The third kappa shape index (κ3) is 2.53. The summed E-state index contributed by atoms with van der Waals surface area (Å²) in [5, 5.41) is 4.03. The molecule has 0 aliphatic rings. The first-order valence-electron chi connectivity index (χ1n) is 4.46. The monoisotopic (exact) mass is 254 g/mol. The van der Waals surface area contributed by atoms with Crippen molar-refractivity contribution in [3.63, 3.8) is 0 Å². The molecule has 0 fully saturated rings. The van der Waals surface area contributed by atoms with Gasteiger partial charge in [0.05, 0.1) is 6.20 Å². The summed E-state index contributed by atoms with van der Waals surface area (Å²) in [7, 11) is 0. The zero-order chi connectivity index (χ0) is 11.5. The van der Waals surface area contributed by atoms with E-state index < -0.39 is 0 Å². The first-order chi connectivity index (χ1) is 7.65. The zero-order valence-corrected chi connectivity index (χ0v) is 9.63.